The molecule has 2 aromatic carbocycles. The van der Waals surface area contributed by atoms with Crippen molar-refractivity contribution in [2.75, 3.05) is 0 Å². The van der Waals surface area contributed by atoms with Gasteiger partial charge in [0.2, 0.25) is 5.95 Å². The molecule has 0 amide bonds. The Labute approximate surface area is 154 Å². The van der Waals surface area contributed by atoms with Gasteiger partial charge in [-0.05, 0) is 23.8 Å². The summed E-state index contributed by atoms with van der Waals surface area (Å²) in [6.07, 6.45) is 1.29. The highest BCUT2D eigenvalue weighted by molar-refractivity contribution is 6.05. The first-order chi connectivity index (χ1) is 13.2. The van der Waals surface area contributed by atoms with Crippen LogP contribution in [-0.2, 0) is 0 Å². The van der Waals surface area contributed by atoms with Gasteiger partial charge in [0.25, 0.3) is 0 Å². The molecule has 0 spiro atoms. The van der Waals surface area contributed by atoms with E-state index < -0.39 is 11.8 Å². The third-order valence-electron chi connectivity index (χ3n) is 4.42. The highest BCUT2D eigenvalue weighted by Gasteiger charge is 2.30. The number of benzene rings is 2. The normalized spacial score (nSPS) is 17.1. The van der Waals surface area contributed by atoms with Crippen LogP contribution in [0.5, 0.6) is 5.75 Å². The molecule has 4 rings (SSSR count). The summed E-state index contributed by atoms with van der Waals surface area (Å²) in [7, 11) is 0. The van der Waals surface area contributed by atoms with Gasteiger partial charge in [-0.25, -0.2) is 9.37 Å². The van der Waals surface area contributed by atoms with Crippen LogP contribution in [-0.4, -0.2) is 10.7 Å². The number of aromatic nitrogens is 1. The molecular weight excluding hydrogens is 348 g/mol. The van der Waals surface area contributed by atoms with Crippen LogP contribution in [0, 0.1) is 18.3 Å². The van der Waals surface area contributed by atoms with E-state index >= 15 is 0 Å². The molecule has 0 saturated carbocycles. The maximum Gasteiger partial charge on any atom is 0.220 e. The Morgan fingerprint density at radius 3 is 2.59 bits per heavy atom. The summed E-state index contributed by atoms with van der Waals surface area (Å²) in [6.45, 7) is 7.10. The first-order valence-electron chi connectivity index (χ1n) is 8.27. The van der Waals surface area contributed by atoms with Gasteiger partial charge in [-0.15, -0.1) is 4.95 Å². The van der Waals surface area contributed by atoms with Crippen molar-refractivity contribution in [1.82, 2.24) is 4.98 Å². The molecule has 1 unspecified atom stereocenters. The number of halogens is 2. The Kier molecular flexibility index (Phi) is 4.35. The zero-order valence-electron chi connectivity index (χ0n) is 14.1. The molecule has 27 heavy (non-hydrogen) atoms. The van der Waals surface area contributed by atoms with E-state index in [1.165, 1.54) is 30.5 Å². The first kappa shape index (κ1) is 16.9. The van der Waals surface area contributed by atoms with Crippen molar-refractivity contribution in [2.24, 2.45) is 5.10 Å². The second kappa shape index (κ2) is 6.96. The largest absolute Gasteiger partial charge is 0.485 e. The lowest BCUT2D eigenvalue weighted by Gasteiger charge is -2.27. The van der Waals surface area contributed by atoms with Gasteiger partial charge in [0, 0.05) is 35.4 Å². The topological polar surface area (TPSA) is 38.8 Å². The minimum absolute atomic E-state index is 0.0464. The van der Waals surface area contributed by atoms with Crippen LogP contribution in [0.15, 0.2) is 65.9 Å². The Bertz CT molecular complexity index is 1070. The van der Waals surface area contributed by atoms with Gasteiger partial charge in [0.05, 0.1) is 5.10 Å². The number of fused-ring (bicyclic) bond motifs is 1. The predicted molar refractivity (Wildman–Crippen MR) is 97.2 cm³/mol. The van der Waals surface area contributed by atoms with Gasteiger partial charge < -0.3 is 4.74 Å². The molecule has 0 bridgehead atoms. The van der Waals surface area contributed by atoms with Crippen molar-refractivity contribution in [3.05, 3.63) is 95.2 Å². The van der Waals surface area contributed by atoms with Crippen molar-refractivity contribution in [3.63, 3.8) is 0 Å². The molecule has 0 radical (unpaired) electrons. The maximum absolute atomic E-state index is 14.7. The van der Waals surface area contributed by atoms with Gasteiger partial charge in [-0.2, -0.15) is 11.0 Å². The average Bonchev–Trinajstić information content (AvgIpc) is 2.69. The number of hydrogen-bond donors (Lipinski definition) is 0. The molecule has 6 heteroatoms. The summed E-state index contributed by atoms with van der Waals surface area (Å²) in [4.78, 5) is 6.70. The summed E-state index contributed by atoms with van der Waals surface area (Å²) in [5.74, 6) is -1.11. The van der Waals surface area contributed by atoms with Gasteiger partial charge in [0.15, 0.2) is 0 Å². The highest BCUT2D eigenvalue weighted by atomic mass is 19.1. The summed E-state index contributed by atoms with van der Waals surface area (Å²) < 4.78 is 34.7. The standard InChI is InChI=1S/C21H13F2N3O/c1-24-26-18-12-19(13-6-3-2-4-7-13)27-20-11-17(22)15(10-16(18)20)14-8-5-9-25-21(14)23/h2-11,19H,12H2. The Balaban J connectivity index is 1.83. The summed E-state index contributed by atoms with van der Waals surface area (Å²) in [5.41, 5.74) is 1.97. The molecule has 1 aliphatic rings. The van der Waals surface area contributed by atoms with E-state index in [-0.39, 0.29) is 23.0 Å². The van der Waals surface area contributed by atoms with Crippen LogP contribution in [0.3, 0.4) is 0 Å². The molecule has 3 aromatic rings. The van der Waals surface area contributed by atoms with Crippen molar-refractivity contribution in [1.29, 1.82) is 0 Å². The smallest absolute Gasteiger partial charge is 0.220 e. The number of pyridine rings is 1. The van der Waals surface area contributed by atoms with E-state index in [2.05, 4.69) is 15.0 Å². The fourth-order valence-electron chi connectivity index (χ4n) is 3.16. The van der Waals surface area contributed by atoms with E-state index in [4.69, 9.17) is 11.3 Å². The van der Waals surface area contributed by atoms with Crippen LogP contribution in [0.1, 0.15) is 23.7 Å². The van der Waals surface area contributed by atoms with Crippen LogP contribution in [0.2, 0.25) is 0 Å². The van der Waals surface area contributed by atoms with Crippen LogP contribution in [0.25, 0.3) is 16.1 Å². The number of ether oxygens (including phenoxy) is 1. The summed E-state index contributed by atoms with van der Waals surface area (Å²) in [6, 6.07) is 15.1. The van der Waals surface area contributed by atoms with Gasteiger partial charge >= 0.3 is 0 Å². The molecule has 4 nitrogen and oxygen atoms in total. The second-order valence-electron chi connectivity index (χ2n) is 6.04. The molecule has 1 aliphatic heterocycles. The van der Waals surface area contributed by atoms with E-state index in [0.29, 0.717) is 17.7 Å². The molecule has 132 valence electrons. The summed E-state index contributed by atoms with van der Waals surface area (Å²) in [5, 5.41) is 3.88. The van der Waals surface area contributed by atoms with Gasteiger partial charge in [-0.3, -0.25) is 0 Å². The predicted octanol–water partition coefficient (Wildman–Crippen LogP) is 5.17. The fraction of sp³-hybridized carbons (Fsp3) is 0.0952. The van der Waals surface area contributed by atoms with Crippen molar-refractivity contribution >= 4 is 5.71 Å². The highest BCUT2D eigenvalue weighted by Crippen LogP contribution is 2.39. The molecule has 0 saturated heterocycles. The number of rotatable bonds is 2. The summed E-state index contributed by atoms with van der Waals surface area (Å²) >= 11 is 0. The molecule has 0 aliphatic carbocycles. The Hall–Kier alpha value is -3.59. The lowest BCUT2D eigenvalue weighted by atomic mass is 9.93. The zero-order chi connectivity index (χ0) is 18.8. The number of nitrogens with zero attached hydrogens (tertiary/aromatic N) is 3. The molecule has 1 aromatic heterocycles. The molecule has 0 fully saturated rings. The van der Waals surface area contributed by atoms with E-state index in [0.717, 1.165) is 5.56 Å². The van der Waals surface area contributed by atoms with Gasteiger partial charge in [0.1, 0.15) is 23.4 Å². The molecule has 1 atom stereocenters. The lowest BCUT2D eigenvalue weighted by Crippen LogP contribution is -2.21. The average molecular weight is 361 g/mol. The van der Waals surface area contributed by atoms with Gasteiger partial charge in [-0.1, -0.05) is 30.3 Å². The Morgan fingerprint density at radius 1 is 1.04 bits per heavy atom. The van der Waals surface area contributed by atoms with Crippen LogP contribution >= 0.6 is 0 Å². The molecule has 0 N–H and O–H groups in total. The van der Waals surface area contributed by atoms with Crippen LogP contribution in [0.4, 0.5) is 8.78 Å². The third-order valence-corrected chi connectivity index (χ3v) is 4.42. The molecule has 2 heterocycles. The molecular formula is C21H13F2N3O. The second-order valence-corrected chi connectivity index (χ2v) is 6.04. The van der Waals surface area contributed by atoms with Crippen molar-refractivity contribution in [3.8, 4) is 16.9 Å². The Morgan fingerprint density at radius 2 is 1.85 bits per heavy atom. The van der Waals surface area contributed by atoms with Crippen molar-refractivity contribution < 1.29 is 13.5 Å². The fourth-order valence-corrected chi connectivity index (χ4v) is 3.16. The maximum atomic E-state index is 14.7. The minimum Gasteiger partial charge on any atom is -0.485 e. The third kappa shape index (κ3) is 3.15. The minimum atomic E-state index is -0.765. The van der Waals surface area contributed by atoms with Crippen LogP contribution < -0.4 is 4.74 Å². The quantitative estimate of drug-likeness (QED) is 0.359. The van der Waals surface area contributed by atoms with E-state index in [1.807, 2.05) is 30.3 Å². The first-order valence-corrected chi connectivity index (χ1v) is 8.27. The number of hydrogen-bond acceptors (Lipinski definition) is 3. The van der Waals surface area contributed by atoms with E-state index in [9.17, 15) is 8.78 Å². The lowest BCUT2D eigenvalue weighted by molar-refractivity contribution is 0.205. The van der Waals surface area contributed by atoms with Crippen molar-refractivity contribution in [2.45, 2.75) is 12.5 Å². The van der Waals surface area contributed by atoms with E-state index in [1.54, 1.807) is 0 Å². The SMILES string of the molecule is [C-]#[N+]N=C1CC(c2ccccc2)Oc2cc(F)c(-c3cccnc3F)cc21. The monoisotopic (exact) mass is 361 g/mol. The zero-order valence-corrected chi connectivity index (χ0v) is 14.1.